The lowest BCUT2D eigenvalue weighted by molar-refractivity contribution is 0.548. The molecule has 0 fully saturated rings. The van der Waals surface area contributed by atoms with Crippen molar-refractivity contribution in [2.24, 2.45) is 0 Å². The van der Waals surface area contributed by atoms with E-state index < -0.39 is 0 Å². The summed E-state index contributed by atoms with van der Waals surface area (Å²) < 4.78 is 1.10. The number of nitrogens with one attached hydrogen (secondary N) is 1. The van der Waals surface area contributed by atoms with Crippen LogP contribution in [0.1, 0.15) is 36.6 Å². The zero-order valence-corrected chi connectivity index (χ0v) is 14.8. The first-order valence-electron chi connectivity index (χ1n) is 7.40. The van der Waals surface area contributed by atoms with Crippen LogP contribution < -0.4 is 5.32 Å². The molecule has 2 aromatic rings. The highest BCUT2D eigenvalue weighted by Crippen LogP contribution is 2.29. The second-order valence-corrected chi connectivity index (χ2v) is 6.44. The van der Waals surface area contributed by atoms with E-state index in [0.717, 1.165) is 28.9 Å². The minimum absolute atomic E-state index is 0.260. The number of aryl methyl sites for hydroxylation is 1. The highest BCUT2D eigenvalue weighted by Gasteiger charge is 2.14. The molecule has 1 N–H and O–H groups in total. The molecule has 0 amide bonds. The van der Waals surface area contributed by atoms with Crippen molar-refractivity contribution in [2.45, 2.75) is 32.7 Å². The highest BCUT2D eigenvalue weighted by atomic mass is 79.9. The summed E-state index contributed by atoms with van der Waals surface area (Å²) in [5.74, 6) is 0. The fraction of sp³-hybridized carbons (Fsp3) is 0.333. The minimum atomic E-state index is 0.260. The fourth-order valence-electron chi connectivity index (χ4n) is 2.47. The lowest BCUT2D eigenvalue weighted by atomic mass is 9.98. The summed E-state index contributed by atoms with van der Waals surface area (Å²) in [6.45, 7) is 5.24. The molecule has 0 radical (unpaired) electrons. The Bertz CT molecular complexity index is 580. The number of likely N-dealkylation sites (N-methyl/N-ethyl adjacent to an activating group) is 1. The Labute approximate surface area is 140 Å². The molecule has 0 aliphatic rings. The number of hydrogen-bond donors (Lipinski definition) is 1. The van der Waals surface area contributed by atoms with Crippen molar-refractivity contribution < 1.29 is 0 Å². The number of rotatable bonds is 6. The van der Waals surface area contributed by atoms with Gasteiger partial charge < -0.3 is 5.32 Å². The fourth-order valence-corrected chi connectivity index (χ4v) is 3.17. The Hall–Kier alpha value is -0.830. The van der Waals surface area contributed by atoms with Crippen LogP contribution in [0.5, 0.6) is 0 Å². The summed E-state index contributed by atoms with van der Waals surface area (Å²) >= 11 is 9.79. The van der Waals surface area contributed by atoms with Gasteiger partial charge in [-0.1, -0.05) is 65.6 Å². The van der Waals surface area contributed by atoms with Crippen LogP contribution in [0.4, 0.5) is 0 Å². The zero-order valence-electron chi connectivity index (χ0n) is 12.5. The van der Waals surface area contributed by atoms with Crippen LogP contribution >= 0.6 is 27.5 Å². The van der Waals surface area contributed by atoms with E-state index in [-0.39, 0.29) is 6.04 Å². The van der Waals surface area contributed by atoms with Crippen molar-refractivity contribution in [2.75, 3.05) is 6.54 Å². The van der Waals surface area contributed by atoms with E-state index >= 15 is 0 Å². The van der Waals surface area contributed by atoms with E-state index in [9.17, 15) is 0 Å². The molecule has 2 rings (SSSR count). The van der Waals surface area contributed by atoms with Crippen LogP contribution in [0.3, 0.4) is 0 Å². The summed E-state index contributed by atoms with van der Waals surface area (Å²) in [6, 6.07) is 15.1. The van der Waals surface area contributed by atoms with E-state index in [1.165, 1.54) is 16.7 Å². The van der Waals surface area contributed by atoms with E-state index in [4.69, 9.17) is 11.6 Å². The largest absolute Gasteiger partial charge is 0.310 e. The Kier molecular flexibility index (Phi) is 6.28. The predicted molar refractivity (Wildman–Crippen MR) is 95.1 cm³/mol. The van der Waals surface area contributed by atoms with Crippen LogP contribution in [-0.2, 0) is 12.8 Å². The van der Waals surface area contributed by atoms with Gasteiger partial charge in [0.2, 0.25) is 0 Å². The topological polar surface area (TPSA) is 12.0 Å². The first-order chi connectivity index (χ1) is 10.1. The summed E-state index contributed by atoms with van der Waals surface area (Å²) in [7, 11) is 0. The summed E-state index contributed by atoms with van der Waals surface area (Å²) in [5.41, 5.74) is 3.93. The van der Waals surface area contributed by atoms with Gasteiger partial charge in [0.05, 0.1) is 0 Å². The van der Waals surface area contributed by atoms with Crippen molar-refractivity contribution in [1.29, 1.82) is 0 Å². The molecule has 0 aliphatic carbocycles. The first-order valence-corrected chi connectivity index (χ1v) is 8.57. The summed E-state index contributed by atoms with van der Waals surface area (Å²) in [4.78, 5) is 0. The third-order valence-electron chi connectivity index (χ3n) is 3.66. The molecule has 1 unspecified atom stereocenters. The average molecular weight is 367 g/mol. The quantitative estimate of drug-likeness (QED) is 0.706. The van der Waals surface area contributed by atoms with Gasteiger partial charge in [0.15, 0.2) is 0 Å². The van der Waals surface area contributed by atoms with Crippen LogP contribution in [-0.4, -0.2) is 6.54 Å². The normalized spacial score (nSPS) is 12.4. The van der Waals surface area contributed by atoms with Crippen molar-refractivity contribution >= 4 is 27.5 Å². The molecule has 0 saturated carbocycles. The SMILES string of the molecule is CCNC(Cc1ccc(CC)cc1)c1cc(Cl)ccc1Br. The lowest BCUT2D eigenvalue weighted by Gasteiger charge is -2.20. The van der Waals surface area contributed by atoms with Crippen LogP contribution in [0.25, 0.3) is 0 Å². The molecular weight excluding hydrogens is 346 g/mol. The lowest BCUT2D eigenvalue weighted by Crippen LogP contribution is -2.23. The molecule has 112 valence electrons. The third kappa shape index (κ3) is 4.57. The van der Waals surface area contributed by atoms with Gasteiger partial charge in [-0.15, -0.1) is 0 Å². The molecule has 1 nitrogen and oxygen atoms in total. The van der Waals surface area contributed by atoms with Gasteiger partial charge in [-0.05, 0) is 54.3 Å². The Morgan fingerprint density at radius 1 is 1.05 bits per heavy atom. The molecule has 0 aliphatic heterocycles. The maximum absolute atomic E-state index is 6.16. The third-order valence-corrected chi connectivity index (χ3v) is 4.61. The monoisotopic (exact) mass is 365 g/mol. The van der Waals surface area contributed by atoms with E-state index in [1.807, 2.05) is 18.2 Å². The molecule has 0 saturated heterocycles. The maximum atomic E-state index is 6.16. The Balaban J connectivity index is 2.23. The van der Waals surface area contributed by atoms with Gasteiger partial charge in [-0.2, -0.15) is 0 Å². The van der Waals surface area contributed by atoms with Crippen molar-refractivity contribution in [3.63, 3.8) is 0 Å². The van der Waals surface area contributed by atoms with Crippen LogP contribution in [0.15, 0.2) is 46.9 Å². The van der Waals surface area contributed by atoms with Crippen molar-refractivity contribution in [1.82, 2.24) is 5.32 Å². The number of hydrogen-bond acceptors (Lipinski definition) is 1. The molecule has 0 aromatic heterocycles. The molecule has 21 heavy (non-hydrogen) atoms. The molecule has 2 aromatic carbocycles. The van der Waals surface area contributed by atoms with Gasteiger partial charge >= 0.3 is 0 Å². The zero-order chi connectivity index (χ0) is 15.2. The van der Waals surface area contributed by atoms with Crippen LogP contribution in [0.2, 0.25) is 5.02 Å². The summed E-state index contributed by atoms with van der Waals surface area (Å²) in [5, 5.41) is 4.33. The molecular formula is C18H21BrClN. The minimum Gasteiger partial charge on any atom is -0.310 e. The van der Waals surface area contributed by atoms with Crippen molar-refractivity contribution in [3.05, 3.63) is 68.7 Å². The number of halogens is 2. The van der Waals surface area contributed by atoms with E-state index in [2.05, 4.69) is 59.4 Å². The molecule has 0 spiro atoms. The maximum Gasteiger partial charge on any atom is 0.0410 e. The van der Waals surface area contributed by atoms with Gasteiger partial charge in [-0.3, -0.25) is 0 Å². The standard InChI is InChI=1S/C18H21BrClN/c1-3-13-5-7-14(8-6-13)11-18(21-4-2)16-12-15(20)9-10-17(16)19/h5-10,12,18,21H,3-4,11H2,1-2H3. The summed E-state index contributed by atoms with van der Waals surface area (Å²) in [6.07, 6.45) is 2.04. The molecule has 1 atom stereocenters. The highest BCUT2D eigenvalue weighted by molar-refractivity contribution is 9.10. The number of benzene rings is 2. The van der Waals surface area contributed by atoms with Gasteiger partial charge in [0.25, 0.3) is 0 Å². The van der Waals surface area contributed by atoms with Gasteiger partial charge in [-0.25, -0.2) is 0 Å². The predicted octanol–water partition coefficient (Wildman–Crippen LogP) is 5.56. The Morgan fingerprint density at radius 3 is 2.33 bits per heavy atom. The van der Waals surface area contributed by atoms with E-state index in [0.29, 0.717) is 0 Å². The Morgan fingerprint density at radius 2 is 1.71 bits per heavy atom. The molecule has 0 heterocycles. The molecule has 0 bridgehead atoms. The average Bonchev–Trinajstić information content (AvgIpc) is 2.50. The first kappa shape index (κ1) is 16.5. The van der Waals surface area contributed by atoms with Crippen LogP contribution in [0, 0.1) is 0 Å². The second-order valence-electron chi connectivity index (χ2n) is 5.15. The van der Waals surface area contributed by atoms with Gasteiger partial charge in [0, 0.05) is 15.5 Å². The van der Waals surface area contributed by atoms with Crippen molar-refractivity contribution in [3.8, 4) is 0 Å². The molecule has 3 heteroatoms. The van der Waals surface area contributed by atoms with E-state index in [1.54, 1.807) is 0 Å². The second kappa shape index (κ2) is 7.98. The smallest absolute Gasteiger partial charge is 0.0410 e. The van der Waals surface area contributed by atoms with Gasteiger partial charge in [0.1, 0.15) is 0 Å².